The highest BCUT2D eigenvalue weighted by Crippen LogP contribution is 2.31. The van der Waals surface area contributed by atoms with Gasteiger partial charge in [-0.3, -0.25) is 4.98 Å². The van der Waals surface area contributed by atoms with Crippen LogP contribution in [0.4, 0.5) is 14.6 Å². The minimum Gasteiger partial charge on any atom is -0.453 e. The Morgan fingerprint density at radius 2 is 2.00 bits per heavy atom. The van der Waals surface area contributed by atoms with Crippen LogP contribution in [-0.2, 0) is 13.0 Å². The Labute approximate surface area is 171 Å². The van der Waals surface area contributed by atoms with Crippen molar-refractivity contribution in [3.8, 4) is 11.5 Å². The Bertz CT molecular complexity index is 1270. The van der Waals surface area contributed by atoms with Crippen LogP contribution in [0.3, 0.4) is 0 Å². The maximum Gasteiger partial charge on any atom is 0.201 e. The van der Waals surface area contributed by atoms with Gasteiger partial charge >= 0.3 is 0 Å². The largest absolute Gasteiger partial charge is 0.453 e. The summed E-state index contributed by atoms with van der Waals surface area (Å²) < 4.78 is 34.6. The molecule has 3 aromatic heterocycles. The zero-order chi connectivity index (χ0) is 20.8. The number of hydrogen-bond acceptors (Lipinski definition) is 6. The molecule has 4 aromatic rings. The summed E-state index contributed by atoms with van der Waals surface area (Å²) >= 11 is 0. The van der Waals surface area contributed by atoms with Gasteiger partial charge in [0.1, 0.15) is 12.1 Å². The first-order valence-corrected chi connectivity index (χ1v) is 9.53. The first-order valence-electron chi connectivity index (χ1n) is 9.53. The Kier molecular flexibility index (Phi) is 4.30. The molecule has 0 spiro atoms. The molecule has 0 saturated heterocycles. The lowest BCUT2D eigenvalue weighted by Crippen LogP contribution is -2.32. The monoisotopic (exact) mass is 408 g/mol. The van der Waals surface area contributed by atoms with Crippen LogP contribution in [-0.4, -0.2) is 31.3 Å². The fourth-order valence-electron chi connectivity index (χ4n) is 3.69. The molecule has 0 atom stereocenters. The summed E-state index contributed by atoms with van der Waals surface area (Å²) in [6, 6.07) is 5.65. The van der Waals surface area contributed by atoms with Crippen LogP contribution in [0.1, 0.15) is 22.4 Å². The Morgan fingerprint density at radius 3 is 2.87 bits per heavy atom. The molecule has 0 aliphatic carbocycles. The van der Waals surface area contributed by atoms with Gasteiger partial charge in [-0.05, 0) is 37.6 Å². The van der Waals surface area contributed by atoms with Gasteiger partial charge in [0.2, 0.25) is 5.82 Å². The smallest absolute Gasteiger partial charge is 0.201 e. The van der Waals surface area contributed by atoms with Crippen LogP contribution >= 0.6 is 0 Å². The number of anilines is 1. The molecule has 0 unspecified atom stereocenters. The molecule has 1 aromatic carbocycles. The molecule has 0 bridgehead atoms. The van der Waals surface area contributed by atoms with Crippen molar-refractivity contribution in [2.45, 2.75) is 26.8 Å². The number of rotatable bonds is 3. The number of hydrogen-bond donors (Lipinski definition) is 0. The Morgan fingerprint density at radius 1 is 1.13 bits per heavy atom. The molecule has 0 amide bonds. The van der Waals surface area contributed by atoms with Gasteiger partial charge in [-0.25, -0.2) is 4.39 Å². The normalized spacial score (nSPS) is 13.5. The Balaban J connectivity index is 1.46. The molecule has 152 valence electrons. The molecular weight excluding hydrogens is 390 g/mol. The van der Waals surface area contributed by atoms with E-state index in [1.54, 1.807) is 10.8 Å². The van der Waals surface area contributed by atoms with Crippen molar-refractivity contribution in [1.29, 1.82) is 0 Å². The lowest BCUT2D eigenvalue weighted by Gasteiger charge is -2.30. The molecule has 30 heavy (non-hydrogen) atoms. The Hall–Kier alpha value is -3.62. The highest BCUT2D eigenvalue weighted by atomic mass is 19.2. The maximum atomic E-state index is 13.9. The average molecular weight is 408 g/mol. The third-order valence-corrected chi connectivity index (χ3v) is 5.42. The van der Waals surface area contributed by atoms with Gasteiger partial charge in [-0.1, -0.05) is 6.07 Å². The molecule has 0 fully saturated rings. The summed E-state index contributed by atoms with van der Waals surface area (Å²) in [4.78, 5) is 6.63. The second-order valence-corrected chi connectivity index (χ2v) is 7.28. The van der Waals surface area contributed by atoms with E-state index in [2.05, 4.69) is 25.2 Å². The van der Waals surface area contributed by atoms with E-state index >= 15 is 0 Å². The third kappa shape index (κ3) is 3.02. The highest BCUT2D eigenvalue weighted by Gasteiger charge is 2.23. The van der Waals surface area contributed by atoms with Crippen molar-refractivity contribution in [3.05, 3.63) is 70.8 Å². The van der Waals surface area contributed by atoms with E-state index in [4.69, 9.17) is 4.74 Å². The van der Waals surface area contributed by atoms with Gasteiger partial charge in [0.15, 0.2) is 23.0 Å². The molecule has 7 nitrogen and oxygen atoms in total. The topological polar surface area (TPSA) is 68.4 Å². The van der Waals surface area contributed by atoms with Crippen molar-refractivity contribution in [1.82, 2.24) is 24.8 Å². The van der Waals surface area contributed by atoms with E-state index in [-0.39, 0.29) is 5.75 Å². The SMILES string of the molecule is Cc1c(N2CCc3ncc(Oc4cccc(F)c4F)cc3C2)nn2cnnc2c1C. The van der Waals surface area contributed by atoms with Gasteiger partial charge in [-0.2, -0.15) is 8.91 Å². The van der Waals surface area contributed by atoms with E-state index in [0.717, 1.165) is 52.9 Å². The number of halogens is 2. The van der Waals surface area contributed by atoms with Crippen LogP contribution < -0.4 is 9.64 Å². The number of ether oxygens (including phenoxy) is 1. The fraction of sp³-hybridized carbons (Fsp3) is 0.238. The first-order chi connectivity index (χ1) is 14.5. The van der Waals surface area contributed by atoms with E-state index in [9.17, 15) is 8.78 Å². The lowest BCUT2D eigenvalue weighted by molar-refractivity contribution is 0.414. The molecule has 9 heteroatoms. The number of nitrogens with zero attached hydrogens (tertiary/aromatic N) is 6. The highest BCUT2D eigenvalue weighted by molar-refractivity contribution is 5.59. The molecule has 0 N–H and O–H groups in total. The number of fused-ring (bicyclic) bond motifs is 2. The second-order valence-electron chi connectivity index (χ2n) is 7.28. The molecule has 5 rings (SSSR count). The number of aryl methyl sites for hydroxylation is 1. The quantitative estimate of drug-likeness (QED) is 0.514. The van der Waals surface area contributed by atoms with Gasteiger partial charge in [0.05, 0.1) is 6.20 Å². The predicted octanol–water partition coefficient (Wildman–Crippen LogP) is 3.77. The number of benzene rings is 1. The van der Waals surface area contributed by atoms with Crippen molar-refractivity contribution in [3.63, 3.8) is 0 Å². The second kappa shape index (κ2) is 7.01. The zero-order valence-electron chi connectivity index (χ0n) is 16.4. The standard InChI is InChI=1S/C21H18F2N6O/c1-12-13(2)21(27-29-11-25-26-20(12)29)28-7-6-17-14(10-28)8-15(9-24-17)30-18-5-3-4-16(22)19(18)23/h3-5,8-9,11H,6-7,10H2,1-2H3. The van der Waals surface area contributed by atoms with Crippen LogP contribution in [0.2, 0.25) is 0 Å². The number of pyridine rings is 1. The summed E-state index contributed by atoms with van der Waals surface area (Å²) in [5.74, 6) is -0.931. The number of aromatic nitrogens is 5. The summed E-state index contributed by atoms with van der Waals surface area (Å²) in [7, 11) is 0. The summed E-state index contributed by atoms with van der Waals surface area (Å²) in [5.41, 5.74) is 4.72. The van der Waals surface area contributed by atoms with Crippen molar-refractivity contribution < 1.29 is 13.5 Å². The predicted molar refractivity (Wildman–Crippen MR) is 106 cm³/mol. The maximum absolute atomic E-state index is 13.9. The van der Waals surface area contributed by atoms with Crippen LogP contribution in [0, 0.1) is 25.5 Å². The summed E-state index contributed by atoms with van der Waals surface area (Å²) in [6.07, 6.45) is 3.87. The molecule has 4 heterocycles. The van der Waals surface area contributed by atoms with Gasteiger partial charge in [0, 0.05) is 36.3 Å². The molecular formula is C21H18F2N6O. The zero-order valence-corrected chi connectivity index (χ0v) is 16.4. The van der Waals surface area contributed by atoms with Crippen molar-refractivity contribution >= 4 is 11.5 Å². The minimum absolute atomic E-state index is 0.171. The van der Waals surface area contributed by atoms with E-state index in [1.807, 2.05) is 19.9 Å². The van der Waals surface area contributed by atoms with Crippen LogP contribution in [0.25, 0.3) is 5.65 Å². The summed E-state index contributed by atoms with van der Waals surface area (Å²) in [6.45, 7) is 5.36. The molecule has 0 radical (unpaired) electrons. The van der Waals surface area contributed by atoms with Gasteiger partial charge in [-0.15, -0.1) is 15.3 Å². The van der Waals surface area contributed by atoms with Crippen molar-refractivity contribution in [2.75, 3.05) is 11.4 Å². The van der Waals surface area contributed by atoms with Crippen LogP contribution in [0.15, 0.2) is 36.8 Å². The van der Waals surface area contributed by atoms with Gasteiger partial charge in [0.25, 0.3) is 0 Å². The molecule has 1 aliphatic rings. The molecule has 1 aliphatic heterocycles. The average Bonchev–Trinajstić information content (AvgIpc) is 3.22. The summed E-state index contributed by atoms with van der Waals surface area (Å²) in [5, 5.41) is 12.7. The lowest BCUT2D eigenvalue weighted by atomic mass is 10.0. The van der Waals surface area contributed by atoms with E-state index in [0.29, 0.717) is 12.3 Å². The van der Waals surface area contributed by atoms with Crippen LogP contribution in [0.5, 0.6) is 11.5 Å². The van der Waals surface area contributed by atoms with E-state index < -0.39 is 11.6 Å². The third-order valence-electron chi connectivity index (χ3n) is 5.42. The first kappa shape index (κ1) is 18.4. The van der Waals surface area contributed by atoms with E-state index in [1.165, 1.54) is 18.3 Å². The van der Waals surface area contributed by atoms with Gasteiger partial charge < -0.3 is 9.64 Å². The fourth-order valence-corrected chi connectivity index (χ4v) is 3.69. The minimum atomic E-state index is -1.02. The molecule has 0 saturated carbocycles. The van der Waals surface area contributed by atoms with Crippen molar-refractivity contribution in [2.24, 2.45) is 0 Å².